The molecular weight excluding hydrogens is 370 g/mol. The number of ether oxygens (including phenoxy) is 2. The second-order valence-corrected chi connectivity index (χ2v) is 6.73. The highest BCUT2D eigenvalue weighted by Crippen LogP contribution is 2.28. The number of anilines is 1. The van der Waals surface area contributed by atoms with Gasteiger partial charge in [-0.3, -0.25) is 4.79 Å². The maximum absolute atomic E-state index is 12.6. The van der Waals surface area contributed by atoms with Gasteiger partial charge in [-0.15, -0.1) is 0 Å². The third kappa shape index (κ3) is 3.99. The van der Waals surface area contributed by atoms with Crippen LogP contribution in [-0.4, -0.2) is 35.4 Å². The van der Waals surface area contributed by atoms with E-state index in [0.717, 1.165) is 36.2 Å². The van der Waals surface area contributed by atoms with Gasteiger partial charge in [0.2, 0.25) is 0 Å². The molecule has 0 aliphatic heterocycles. The number of rotatable bonds is 6. The molecule has 29 heavy (non-hydrogen) atoms. The summed E-state index contributed by atoms with van der Waals surface area (Å²) < 4.78 is 12.2. The van der Waals surface area contributed by atoms with E-state index in [1.54, 1.807) is 36.1 Å². The summed E-state index contributed by atoms with van der Waals surface area (Å²) in [6, 6.07) is 16.6. The van der Waals surface area contributed by atoms with Gasteiger partial charge in [-0.05, 0) is 43.5 Å². The molecule has 1 amide bonds. The van der Waals surface area contributed by atoms with Crippen molar-refractivity contribution in [3.63, 3.8) is 0 Å². The van der Waals surface area contributed by atoms with E-state index in [1.807, 2.05) is 30.3 Å². The molecule has 1 aromatic heterocycles. The number of methoxy groups -OCH3 is 1. The van der Waals surface area contributed by atoms with Crippen molar-refractivity contribution in [2.24, 2.45) is 0 Å². The summed E-state index contributed by atoms with van der Waals surface area (Å²) in [4.78, 5) is 24.8. The Morgan fingerprint density at radius 2 is 1.93 bits per heavy atom. The Kier molecular flexibility index (Phi) is 5.29. The van der Waals surface area contributed by atoms with Crippen LogP contribution in [0.5, 0.6) is 5.75 Å². The normalized spacial score (nSPS) is 12.3. The lowest BCUT2D eigenvalue weighted by atomic mass is 10.2. The van der Waals surface area contributed by atoms with Gasteiger partial charge in [-0.1, -0.05) is 24.3 Å². The fraction of sp³-hybridized carbons (Fsp3) is 0.227. The molecule has 0 fully saturated rings. The van der Waals surface area contributed by atoms with Crippen LogP contribution in [0.15, 0.2) is 54.6 Å². The monoisotopic (exact) mass is 391 g/mol. The van der Waals surface area contributed by atoms with Crippen LogP contribution in [0, 0.1) is 0 Å². The van der Waals surface area contributed by atoms with Crippen molar-refractivity contribution in [3.05, 3.63) is 71.5 Å². The molecule has 1 N–H and O–H groups in total. The Labute approximate surface area is 168 Å². The first-order valence-electron chi connectivity index (χ1n) is 9.43. The fourth-order valence-corrected chi connectivity index (χ4v) is 3.48. The Bertz CT molecular complexity index is 1040. The Morgan fingerprint density at radius 3 is 2.72 bits per heavy atom. The molecule has 1 aliphatic carbocycles. The van der Waals surface area contributed by atoms with Crippen molar-refractivity contribution in [1.82, 2.24) is 9.78 Å². The van der Waals surface area contributed by atoms with Crippen molar-refractivity contribution in [3.8, 4) is 11.4 Å². The van der Waals surface area contributed by atoms with Gasteiger partial charge in [0.1, 0.15) is 5.75 Å². The van der Waals surface area contributed by atoms with Crippen LogP contribution in [0.4, 0.5) is 5.69 Å². The lowest BCUT2D eigenvalue weighted by Gasteiger charge is -2.07. The van der Waals surface area contributed by atoms with E-state index in [9.17, 15) is 9.59 Å². The largest absolute Gasteiger partial charge is 0.497 e. The summed E-state index contributed by atoms with van der Waals surface area (Å²) in [5.74, 6) is -0.383. The van der Waals surface area contributed by atoms with Crippen molar-refractivity contribution in [2.45, 2.75) is 19.3 Å². The van der Waals surface area contributed by atoms with Crippen molar-refractivity contribution < 1.29 is 19.1 Å². The summed E-state index contributed by atoms with van der Waals surface area (Å²) in [5, 5.41) is 7.17. The lowest BCUT2D eigenvalue weighted by molar-refractivity contribution is -0.119. The molecule has 0 bridgehead atoms. The molecule has 0 spiro atoms. The average molecular weight is 391 g/mol. The van der Waals surface area contributed by atoms with Gasteiger partial charge < -0.3 is 14.8 Å². The first-order valence-corrected chi connectivity index (χ1v) is 9.43. The molecule has 4 rings (SSSR count). The van der Waals surface area contributed by atoms with Crippen LogP contribution in [0.25, 0.3) is 5.69 Å². The first kappa shape index (κ1) is 18.7. The van der Waals surface area contributed by atoms with Gasteiger partial charge in [0.25, 0.3) is 5.91 Å². The van der Waals surface area contributed by atoms with Gasteiger partial charge in [-0.25, -0.2) is 9.48 Å². The van der Waals surface area contributed by atoms with E-state index < -0.39 is 11.9 Å². The van der Waals surface area contributed by atoms with Gasteiger partial charge in [0, 0.05) is 23.0 Å². The van der Waals surface area contributed by atoms with Gasteiger partial charge in [0.05, 0.1) is 12.8 Å². The van der Waals surface area contributed by atoms with Gasteiger partial charge in [0.15, 0.2) is 12.3 Å². The third-order valence-electron chi connectivity index (χ3n) is 4.81. The Balaban J connectivity index is 1.44. The van der Waals surface area contributed by atoms with E-state index in [0.29, 0.717) is 11.4 Å². The fourth-order valence-electron chi connectivity index (χ4n) is 3.48. The van der Waals surface area contributed by atoms with E-state index >= 15 is 0 Å². The SMILES string of the molecule is COc1cccc(NC(=O)COC(=O)c2nn(-c3ccccc3)c3c2CCC3)c1. The number of aromatic nitrogens is 2. The van der Waals surface area contributed by atoms with Crippen LogP contribution < -0.4 is 10.1 Å². The molecule has 0 atom stereocenters. The predicted molar refractivity (Wildman–Crippen MR) is 107 cm³/mol. The number of benzene rings is 2. The molecule has 0 saturated carbocycles. The minimum Gasteiger partial charge on any atom is -0.497 e. The zero-order chi connectivity index (χ0) is 20.2. The second-order valence-electron chi connectivity index (χ2n) is 6.73. The van der Waals surface area contributed by atoms with Crippen LogP contribution in [0.1, 0.15) is 28.2 Å². The Hall–Kier alpha value is -3.61. The minimum atomic E-state index is -0.585. The average Bonchev–Trinajstić information content (AvgIpc) is 3.35. The summed E-state index contributed by atoms with van der Waals surface area (Å²) >= 11 is 0. The molecule has 2 aromatic carbocycles. The third-order valence-corrected chi connectivity index (χ3v) is 4.81. The number of fused-ring (bicyclic) bond motifs is 1. The summed E-state index contributed by atoms with van der Waals surface area (Å²) in [6.45, 7) is -0.386. The predicted octanol–water partition coefficient (Wildman–Crippen LogP) is 3.17. The number of carbonyl (C=O) groups is 2. The number of nitrogens with zero attached hydrogens (tertiary/aromatic N) is 2. The molecular formula is C22H21N3O4. The molecule has 7 heteroatoms. The summed E-state index contributed by atoms with van der Waals surface area (Å²) in [5.41, 5.74) is 3.70. The summed E-state index contributed by atoms with van der Waals surface area (Å²) in [7, 11) is 1.55. The van der Waals surface area contributed by atoms with Gasteiger partial charge in [-0.2, -0.15) is 5.10 Å². The molecule has 0 unspecified atom stereocenters. The molecule has 1 heterocycles. The zero-order valence-electron chi connectivity index (χ0n) is 16.1. The van der Waals surface area contributed by atoms with Crippen LogP contribution in [-0.2, 0) is 22.4 Å². The quantitative estimate of drug-likeness (QED) is 0.653. The highest BCUT2D eigenvalue weighted by molar-refractivity contribution is 5.95. The number of esters is 1. The van der Waals surface area contributed by atoms with Crippen LogP contribution in [0.3, 0.4) is 0 Å². The van der Waals surface area contributed by atoms with E-state index in [1.165, 1.54) is 0 Å². The Morgan fingerprint density at radius 1 is 1.10 bits per heavy atom. The standard InChI is InChI=1S/C22H21N3O4/c1-28-17-10-5-7-15(13-17)23-20(26)14-29-22(27)21-18-11-6-12-19(18)25(24-21)16-8-3-2-4-9-16/h2-5,7-10,13H,6,11-12,14H2,1H3,(H,23,26). The molecule has 1 aliphatic rings. The molecule has 0 radical (unpaired) electrons. The highest BCUT2D eigenvalue weighted by Gasteiger charge is 2.28. The van der Waals surface area contributed by atoms with Crippen LogP contribution >= 0.6 is 0 Å². The molecule has 0 saturated heterocycles. The number of carbonyl (C=O) groups excluding carboxylic acids is 2. The second kappa shape index (κ2) is 8.18. The lowest BCUT2D eigenvalue weighted by Crippen LogP contribution is -2.21. The van der Waals surface area contributed by atoms with Crippen molar-refractivity contribution in [2.75, 3.05) is 19.0 Å². The van der Waals surface area contributed by atoms with E-state index in [2.05, 4.69) is 10.4 Å². The number of hydrogen-bond acceptors (Lipinski definition) is 5. The number of nitrogens with one attached hydrogen (secondary N) is 1. The molecule has 7 nitrogen and oxygen atoms in total. The minimum absolute atomic E-state index is 0.288. The maximum atomic E-state index is 12.6. The highest BCUT2D eigenvalue weighted by atomic mass is 16.5. The first-order chi connectivity index (χ1) is 14.2. The zero-order valence-corrected chi connectivity index (χ0v) is 16.1. The van der Waals surface area contributed by atoms with Crippen molar-refractivity contribution >= 4 is 17.6 Å². The molecule has 148 valence electrons. The van der Waals surface area contributed by atoms with E-state index in [-0.39, 0.29) is 12.3 Å². The summed E-state index contributed by atoms with van der Waals surface area (Å²) in [6.07, 6.45) is 2.61. The number of amides is 1. The number of hydrogen-bond donors (Lipinski definition) is 1. The number of para-hydroxylation sites is 1. The van der Waals surface area contributed by atoms with Gasteiger partial charge >= 0.3 is 5.97 Å². The van der Waals surface area contributed by atoms with E-state index in [4.69, 9.17) is 9.47 Å². The topological polar surface area (TPSA) is 82.4 Å². The smallest absolute Gasteiger partial charge is 0.359 e. The van der Waals surface area contributed by atoms with Crippen molar-refractivity contribution in [1.29, 1.82) is 0 Å². The maximum Gasteiger partial charge on any atom is 0.359 e. The molecule has 3 aromatic rings. The van der Waals surface area contributed by atoms with Crippen LogP contribution in [0.2, 0.25) is 0 Å².